The van der Waals surface area contributed by atoms with E-state index in [9.17, 15) is 4.39 Å². The second-order valence-corrected chi connectivity index (χ2v) is 22.6. The smallest absolute Gasteiger partial charge is 0.300 e. The number of likely N-dealkylation sites (N-methyl/N-ethyl adjacent to an activating group) is 2. The summed E-state index contributed by atoms with van der Waals surface area (Å²) in [6, 6.07) is 16.0. The van der Waals surface area contributed by atoms with Gasteiger partial charge < -0.3 is 45.9 Å². The second kappa shape index (κ2) is 21.3. The Balaban J connectivity index is 0.000000168. The number of piperazine rings is 2. The summed E-state index contributed by atoms with van der Waals surface area (Å²) < 4.78 is 42.0. The summed E-state index contributed by atoms with van der Waals surface area (Å²) in [6.45, 7) is 13.1. The topological polar surface area (TPSA) is 190 Å². The van der Waals surface area contributed by atoms with Gasteiger partial charge in [-0.25, -0.2) is 28.7 Å². The van der Waals surface area contributed by atoms with E-state index in [-0.39, 0.29) is 23.4 Å². The second-order valence-electron chi connectivity index (χ2n) is 21.1. The number of hydrogen-bond donors (Lipinski definition) is 4. The first-order valence-corrected chi connectivity index (χ1v) is 27.7. The van der Waals surface area contributed by atoms with Crippen LogP contribution in [-0.2, 0) is 0 Å². The van der Waals surface area contributed by atoms with E-state index in [4.69, 9.17) is 21.6 Å². The lowest BCUT2D eigenvalue weighted by molar-refractivity contribution is 0.0826. The zero-order valence-electron chi connectivity index (χ0n) is 43.0. The van der Waals surface area contributed by atoms with Crippen molar-refractivity contribution in [2.24, 2.45) is 0 Å². The first-order valence-electron chi connectivity index (χ1n) is 26.2. The molecule has 7 N–H and O–H groups in total. The average molecular weight is 1150 g/mol. The highest BCUT2D eigenvalue weighted by atomic mass is 79.9. The van der Waals surface area contributed by atoms with Crippen molar-refractivity contribution in [1.82, 2.24) is 53.7 Å². The molecular weight excluding hydrogens is 1080 g/mol. The van der Waals surface area contributed by atoms with Crippen LogP contribution in [0.2, 0.25) is 0 Å². The van der Waals surface area contributed by atoms with E-state index in [2.05, 4.69) is 105 Å². The van der Waals surface area contributed by atoms with E-state index in [1.807, 2.05) is 38.1 Å². The van der Waals surface area contributed by atoms with Crippen LogP contribution in [0.4, 0.5) is 37.8 Å². The van der Waals surface area contributed by atoms with Gasteiger partial charge in [-0.3, -0.25) is 9.80 Å². The quantitative estimate of drug-likeness (QED) is 0.105. The van der Waals surface area contributed by atoms with E-state index < -0.39 is 11.6 Å². The Morgan fingerprint density at radius 3 is 1.53 bits per heavy atom. The number of anilines is 5. The van der Waals surface area contributed by atoms with Gasteiger partial charge in [0.25, 0.3) is 6.01 Å². The molecule has 75 heavy (non-hydrogen) atoms. The van der Waals surface area contributed by atoms with E-state index in [0.717, 1.165) is 163 Å². The van der Waals surface area contributed by atoms with Crippen molar-refractivity contribution in [2.75, 3.05) is 89.0 Å². The molecule has 0 bridgehead atoms. The zero-order chi connectivity index (χ0) is 52.2. The van der Waals surface area contributed by atoms with Crippen molar-refractivity contribution in [3.63, 3.8) is 0 Å². The Kier molecular flexibility index (Phi) is 14.6. The molecule has 20 heteroatoms. The molecule has 12 rings (SSSR count). The number of hydrogen-bond acceptors (Lipinski definition) is 14. The van der Waals surface area contributed by atoms with Crippen LogP contribution < -0.4 is 22.5 Å². The normalized spacial score (nSPS) is 21.5. The number of nitrogens with two attached hydrogens (primary N) is 3. The van der Waals surface area contributed by atoms with Gasteiger partial charge in [0.1, 0.15) is 52.7 Å². The molecule has 0 radical (unpaired) electrons. The summed E-state index contributed by atoms with van der Waals surface area (Å²) in [5.74, 6) is -0.0971. The Morgan fingerprint density at radius 2 is 1.05 bits per heavy atom. The lowest BCUT2D eigenvalue weighted by Gasteiger charge is -2.41. The molecule has 2 aliphatic heterocycles. The first-order chi connectivity index (χ1) is 36.2. The molecule has 7 heterocycles. The summed E-state index contributed by atoms with van der Waals surface area (Å²) in [7, 11) is 4.39. The number of nitrogens with one attached hydrogen (secondary N) is 1. The number of rotatable bonds is 8. The standard InChI is InChI=1S/C32H36BrFN8O.C23H29BrFN7/c1-18-14-19(2)28-25(15-18)39-32(43-28)38-24-9-4-20(16-23(24)34)26-27-30(35)36-17-37-31(27)42(29(26)33)22-7-5-21(6-8-22)41-12-10-40(3)11-13-41;1-30-8-10-31(11-9-30)15-3-5-16(6-4-15)32-21(24)19(14-2-7-18(26)17(25)12-14)20-22(27)28-13-29-23(20)32/h4,9,14-17,21-22H,5-8,10-13H2,1-3H3,(H,38,39)(H2,35,36,37);2,7,12-13,15-16H,3-6,8-11,26H2,1H3,(H2,27,28,29). The number of oxazole rings is 1. The minimum absolute atomic E-state index is 0.125. The summed E-state index contributed by atoms with van der Waals surface area (Å²) >= 11 is 7.70. The van der Waals surface area contributed by atoms with Gasteiger partial charge in [0, 0.05) is 87.7 Å². The Labute approximate surface area is 452 Å². The number of fused-ring (bicyclic) bond motifs is 3. The summed E-state index contributed by atoms with van der Waals surface area (Å²) in [5, 5.41) is 4.51. The third kappa shape index (κ3) is 10.1. The van der Waals surface area contributed by atoms with E-state index in [1.54, 1.807) is 12.1 Å². The molecule has 0 spiro atoms. The van der Waals surface area contributed by atoms with Gasteiger partial charge in [0.2, 0.25) is 0 Å². The third-order valence-electron chi connectivity index (χ3n) is 16.3. The fourth-order valence-corrected chi connectivity index (χ4v) is 14.0. The number of aromatic nitrogens is 7. The van der Waals surface area contributed by atoms with Crippen LogP contribution >= 0.6 is 31.9 Å². The molecule has 5 aromatic heterocycles. The van der Waals surface area contributed by atoms with Crippen molar-refractivity contribution in [1.29, 1.82) is 0 Å². The largest absolute Gasteiger partial charge is 0.423 e. The molecule has 0 amide bonds. The molecule has 0 unspecified atom stereocenters. The molecule has 0 atom stereocenters. The van der Waals surface area contributed by atoms with Crippen LogP contribution in [0.15, 0.2) is 74.8 Å². The lowest BCUT2D eigenvalue weighted by Crippen LogP contribution is -2.49. The van der Waals surface area contributed by atoms with Gasteiger partial charge in [-0.15, -0.1) is 0 Å². The van der Waals surface area contributed by atoms with Crippen LogP contribution in [0, 0.1) is 25.5 Å². The monoisotopic (exact) mass is 1150 g/mol. The average Bonchev–Trinajstić information content (AvgIpc) is 4.10. The molecule has 4 aliphatic rings. The van der Waals surface area contributed by atoms with Gasteiger partial charge in [-0.05, 0) is 164 Å². The molecule has 8 aromatic rings. The zero-order valence-corrected chi connectivity index (χ0v) is 46.1. The van der Waals surface area contributed by atoms with Crippen LogP contribution in [0.3, 0.4) is 0 Å². The number of aryl methyl sites for hydroxylation is 2. The predicted molar refractivity (Wildman–Crippen MR) is 302 cm³/mol. The summed E-state index contributed by atoms with van der Waals surface area (Å²) in [4.78, 5) is 32.4. The van der Waals surface area contributed by atoms with Gasteiger partial charge in [-0.1, -0.05) is 18.2 Å². The van der Waals surface area contributed by atoms with Crippen molar-refractivity contribution in [3.8, 4) is 22.3 Å². The fourth-order valence-electron chi connectivity index (χ4n) is 12.2. The SMILES string of the molecule is CN1CCN(C2CCC(n3c(Br)c(-c4ccc(N)c(F)c4)c4c(N)ncnc43)CC2)CC1.Cc1cc(C)c2oc(Nc3ccc(-c4c(Br)n(C5CCC(N6CCN(C)CC6)CC5)c5ncnc(N)c45)cc3F)nc2c1. The molecule has 394 valence electrons. The van der Waals surface area contributed by atoms with Gasteiger partial charge in [0.05, 0.1) is 31.4 Å². The van der Waals surface area contributed by atoms with Crippen molar-refractivity contribution < 1.29 is 13.2 Å². The maximum atomic E-state index is 15.6. The molecule has 2 saturated heterocycles. The van der Waals surface area contributed by atoms with Gasteiger partial charge in [0.15, 0.2) is 5.58 Å². The van der Waals surface area contributed by atoms with Crippen LogP contribution in [0.1, 0.15) is 74.6 Å². The fraction of sp³-hybridized carbons (Fsp3) is 0.436. The molecule has 4 fully saturated rings. The van der Waals surface area contributed by atoms with Crippen LogP contribution in [0.25, 0.3) is 55.4 Å². The van der Waals surface area contributed by atoms with Crippen molar-refractivity contribution >= 4 is 94.1 Å². The van der Waals surface area contributed by atoms with E-state index in [0.29, 0.717) is 46.5 Å². The van der Waals surface area contributed by atoms with Gasteiger partial charge >= 0.3 is 0 Å². The molecule has 2 aliphatic carbocycles. The number of nitrogens with zero attached hydrogens (tertiary/aromatic N) is 11. The maximum Gasteiger partial charge on any atom is 0.300 e. The molecule has 16 nitrogen and oxygen atoms in total. The lowest BCUT2D eigenvalue weighted by atomic mass is 9.89. The van der Waals surface area contributed by atoms with Gasteiger partial charge in [-0.2, -0.15) is 4.98 Å². The first kappa shape index (κ1) is 51.3. The van der Waals surface area contributed by atoms with E-state index >= 15 is 4.39 Å². The maximum absolute atomic E-state index is 15.6. The minimum atomic E-state index is -0.446. The summed E-state index contributed by atoms with van der Waals surface area (Å²) in [5.41, 5.74) is 26.9. The highest BCUT2D eigenvalue weighted by Crippen LogP contribution is 2.47. The van der Waals surface area contributed by atoms with Crippen LogP contribution in [0.5, 0.6) is 0 Å². The predicted octanol–water partition coefficient (Wildman–Crippen LogP) is 10.7. The molecular formula is C55H65Br2F2N15O. The van der Waals surface area contributed by atoms with Crippen LogP contribution in [-0.4, -0.2) is 132 Å². The summed E-state index contributed by atoms with van der Waals surface area (Å²) in [6.07, 6.45) is 11.8. The van der Waals surface area contributed by atoms with Crippen molar-refractivity contribution in [3.05, 3.63) is 93.2 Å². The molecule has 2 saturated carbocycles. The Hall–Kier alpha value is -5.77. The van der Waals surface area contributed by atoms with E-state index in [1.165, 1.54) is 24.8 Å². The number of benzene rings is 3. The molecule has 3 aromatic carbocycles. The number of nitrogen functional groups attached to an aromatic ring is 3. The van der Waals surface area contributed by atoms with Crippen molar-refractivity contribution in [2.45, 2.75) is 89.4 Å². The number of halogens is 4. The Bertz CT molecular complexity index is 3380. The Morgan fingerprint density at radius 1 is 0.587 bits per heavy atom. The highest BCUT2D eigenvalue weighted by molar-refractivity contribution is 9.10. The third-order valence-corrected chi connectivity index (χ3v) is 17.8. The highest BCUT2D eigenvalue weighted by Gasteiger charge is 2.34. The minimum Gasteiger partial charge on any atom is -0.423 e.